The number of carbonyl (C=O) groups is 1. The molecule has 1 unspecified atom stereocenters. The Morgan fingerprint density at radius 3 is 2.52 bits per heavy atom. The molecule has 5 nitrogen and oxygen atoms in total. The molecule has 29 heavy (non-hydrogen) atoms. The first-order chi connectivity index (χ1) is 14.2. The summed E-state index contributed by atoms with van der Waals surface area (Å²) in [5, 5.41) is 9.53. The first kappa shape index (κ1) is 18.4. The van der Waals surface area contributed by atoms with Gasteiger partial charge in [0.05, 0.1) is 5.25 Å². The van der Waals surface area contributed by atoms with E-state index in [0.29, 0.717) is 12.5 Å². The Morgan fingerprint density at radius 1 is 1.03 bits per heavy atom. The summed E-state index contributed by atoms with van der Waals surface area (Å²) in [5.74, 6) is 1.67. The molecule has 1 atom stereocenters. The van der Waals surface area contributed by atoms with Gasteiger partial charge in [-0.25, -0.2) is 0 Å². The summed E-state index contributed by atoms with van der Waals surface area (Å²) in [6, 6.07) is 18.6. The van der Waals surface area contributed by atoms with E-state index in [-0.39, 0.29) is 11.2 Å². The maximum Gasteiger partial charge on any atom is 0.236 e. The van der Waals surface area contributed by atoms with E-state index in [1.165, 1.54) is 22.9 Å². The topological polar surface area (TPSA) is 51.0 Å². The Labute approximate surface area is 175 Å². The zero-order chi connectivity index (χ0) is 19.8. The molecule has 148 valence electrons. The molecule has 1 aromatic heterocycles. The number of carbonyl (C=O) groups excluding carboxylic acids is 1. The fraction of sp³-hybridized carbons (Fsp3) is 0.348. The quantitative estimate of drug-likeness (QED) is 0.598. The molecule has 3 aromatic rings. The summed E-state index contributed by atoms with van der Waals surface area (Å²) in [6.45, 7) is 3.45. The SMILES string of the molecule is CC(Sc1nnc(C2CC2)n1-c1ccccc1)C(=O)N1CCc2ccccc2C1. The molecule has 0 radical (unpaired) electrons. The van der Waals surface area contributed by atoms with E-state index in [9.17, 15) is 4.79 Å². The number of rotatable bonds is 5. The highest BCUT2D eigenvalue weighted by Gasteiger charge is 2.32. The van der Waals surface area contributed by atoms with E-state index >= 15 is 0 Å². The van der Waals surface area contributed by atoms with Crippen LogP contribution in [0, 0.1) is 0 Å². The van der Waals surface area contributed by atoms with Gasteiger partial charge in [0, 0.05) is 24.7 Å². The van der Waals surface area contributed by atoms with Crippen molar-refractivity contribution in [3.05, 3.63) is 71.5 Å². The van der Waals surface area contributed by atoms with E-state index in [1.54, 1.807) is 0 Å². The lowest BCUT2D eigenvalue weighted by molar-refractivity contribution is -0.131. The van der Waals surface area contributed by atoms with Gasteiger partial charge in [0.25, 0.3) is 0 Å². The molecule has 2 aliphatic rings. The van der Waals surface area contributed by atoms with Gasteiger partial charge in [-0.05, 0) is 49.4 Å². The van der Waals surface area contributed by atoms with E-state index < -0.39 is 0 Å². The second-order valence-electron chi connectivity index (χ2n) is 7.82. The van der Waals surface area contributed by atoms with Crippen LogP contribution in [0.3, 0.4) is 0 Å². The summed E-state index contributed by atoms with van der Waals surface area (Å²) in [5.41, 5.74) is 3.68. The van der Waals surface area contributed by atoms with Crippen LogP contribution in [-0.2, 0) is 17.8 Å². The van der Waals surface area contributed by atoms with Crippen molar-refractivity contribution < 1.29 is 4.79 Å². The predicted molar refractivity (Wildman–Crippen MR) is 114 cm³/mol. The molecule has 5 rings (SSSR count). The minimum absolute atomic E-state index is 0.167. The Hall–Kier alpha value is -2.60. The van der Waals surface area contributed by atoms with Gasteiger partial charge in [-0.15, -0.1) is 10.2 Å². The maximum absolute atomic E-state index is 13.2. The van der Waals surface area contributed by atoms with Crippen molar-refractivity contribution in [1.82, 2.24) is 19.7 Å². The Morgan fingerprint density at radius 2 is 1.76 bits per heavy atom. The summed E-state index contributed by atoms with van der Waals surface area (Å²) < 4.78 is 2.14. The molecular weight excluding hydrogens is 380 g/mol. The van der Waals surface area contributed by atoms with Crippen molar-refractivity contribution in [2.24, 2.45) is 0 Å². The van der Waals surface area contributed by atoms with Gasteiger partial charge in [-0.1, -0.05) is 54.2 Å². The number of fused-ring (bicyclic) bond motifs is 1. The monoisotopic (exact) mass is 404 g/mol. The van der Waals surface area contributed by atoms with E-state index in [2.05, 4.69) is 45.1 Å². The molecule has 2 aromatic carbocycles. The fourth-order valence-corrected chi connectivity index (χ4v) is 4.89. The van der Waals surface area contributed by atoms with Crippen LogP contribution in [0.1, 0.15) is 42.6 Å². The third-order valence-electron chi connectivity index (χ3n) is 5.69. The Kier molecular flexibility index (Phi) is 4.87. The molecule has 0 saturated heterocycles. The Bertz CT molecular complexity index is 1030. The van der Waals surface area contributed by atoms with Crippen molar-refractivity contribution in [2.75, 3.05) is 6.54 Å². The standard InChI is InChI=1S/C23H24N4OS/c1-16(22(28)26-14-13-17-7-5-6-8-19(17)15-26)29-23-25-24-21(18-11-12-18)27(23)20-9-3-2-4-10-20/h2-10,16,18H,11-15H2,1H3. The summed E-state index contributed by atoms with van der Waals surface area (Å²) in [6.07, 6.45) is 3.25. The van der Waals surface area contributed by atoms with Crippen molar-refractivity contribution >= 4 is 17.7 Å². The number of aromatic nitrogens is 3. The molecule has 1 saturated carbocycles. The van der Waals surface area contributed by atoms with Crippen LogP contribution in [0.4, 0.5) is 0 Å². The third kappa shape index (κ3) is 3.69. The number of hydrogen-bond donors (Lipinski definition) is 0. The molecule has 1 aliphatic heterocycles. The maximum atomic E-state index is 13.2. The molecule has 2 heterocycles. The molecule has 0 spiro atoms. The van der Waals surface area contributed by atoms with Gasteiger partial charge in [-0.2, -0.15) is 0 Å². The molecule has 1 aliphatic carbocycles. The van der Waals surface area contributed by atoms with Crippen LogP contribution in [-0.4, -0.2) is 37.4 Å². The number of para-hydroxylation sites is 1. The highest BCUT2D eigenvalue weighted by Crippen LogP contribution is 2.41. The van der Waals surface area contributed by atoms with Gasteiger partial charge in [0.1, 0.15) is 5.82 Å². The summed E-state index contributed by atoms with van der Waals surface area (Å²) >= 11 is 1.51. The first-order valence-electron chi connectivity index (χ1n) is 10.2. The van der Waals surface area contributed by atoms with Crippen LogP contribution in [0.5, 0.6) is 0 Å². The van der Waals surface area contributed by atoms with Gasteiger partial charge in [0.15, 0.2) is 5.16 Å². The zero-order valence-corrected chi connectivity index (χ0v) is 17.3. The van der Waals surface area contributed by atoms with Gasteiger partial charge >= 0.3 is 0 Å². The fourth-order valence-electron chi connectivity index (χ4n) is 3.93. The average Bonchev–Trinajstić information content (AvgIpc) is 3.53. The number of benzene rings is 2. The van der Waals surface area contributed by atoms with E-state index in [4.69, 9.17) is 0 Å². The van der Waals surface area contributed by atoms with Crippen LogP contribution >= 0.6 is 11.8 Å². The van der Waals surface area contributed by atoms with Crippen LogP contribution < -0.4 is 0 Å². The lowest BCUT2D eigenvalue weighted by Crippen LogP contribution is -2.40. The first-order valence-corrected chi connectivity index (χ1v) is 11.1. The summed E-state index contributed by atoms with van der Waals surface area (Å²) in [4.78, 5) is 15.1. The molecule has 0 bridgehead atoms. The minimum Gasteiger partial charge on any atom is -0.337 e. The molecular formula is C23H24N4OS. The van der Waals surface area contributed by atoms with Crippen LogP contribution in [0.2, 0.25) is 0 Å². The second kappa shape index (κ2) is 7.67. The highest BCUT2D eigenvalue weighted by atomic mass is 32.2. The van der Waals surface area contributed by atoms with Gasteiger partial charge in [-0.3, -0.25) is 9.36 Å². The summed E-state index contributed by atoms with van der Waals surface area (Å²) in [7, 11) is 0. The van der Waals surface area contributed by atoms with E-state index in [0.717, 1.165) is 42.5 Å². The molecule has 6 heteroatoms. The normalized spacial score (nSPS) is 17.1. The molecule has 1 fully saturated rings. The van der Waals surface area contributed by atoms with Crippen LogP contribution in [0.15, 0.2) is 59.8 Å². The van der Waals surface area contributed by atoms with E-state index in [1.807, 2.05) is 36.1 Å². The number of thioether (sulfide) groups is 1. The van der Waals surface area contributed by atoms with Crippen molar-refractivity contribution in [2.45, 2.75) is 49.1 Å². The number of nitrogens with zero attached hydrogens (tertiary/aromatic N) is 4. The highest BCUT2D eigenvalue weighted by molar-refractivity contribution is 8.00. The number of hydrogen-bond acceptors (Lipinski definition) is 4. The van der Waals surface area contributed by atoms with Crippen molar-refractivity contribution in [3.8, 4) is 5.69 Å². The predicted octanol–water partition coefficient (Wildman–Crippen LogP) is 4.21. The van der Waals surface area contributed by atoms with Crippen molar-refractivity contribution in [3.63, 3.8) is 0 Å². The zero-order valence-electron chi connectivity index (χ0n) is 16.5. The average molecular weight is 405 g/mol. The van der Waals surface area contributed by atoms with Gasteiger partial charge < -0.3 is 4.90 Å². The van der Waals surface area contributed by atoms with Crippen molar-refractivity contribution in [1.29, 1.82) is 0 Å². The molecule has 0 N–H and O–H groups in total. The minimum atomic E-state index is -0.209. The second-order valence-corrected chi connectivity index (χ2v) is 9.13. The van der Waals surface area contributed by atoms with Crippen LogP contribution in [0.25, 0.3) is 5.69 Å². The lowest BCUT2D eigenvalue weighted by atomic mass is 10.00. The molecule has 1 amide bonds. The van der Waals surface area contributed by atoms with Gasteiger partial charge in [0.2, 0.25) is 5.91 Å². The lowest BCUT2D eigenvalue weighted by Gasteiger charge is -2.30. The largest absolute Gasteiger partial charge is 0.337 e. The smallest absolute Gasteiger partial charge is 0.236 e. The number of amides is 1. The third-order valence-corrected chi connectivity index (χ3v) is 6.72. The Balaban J connectivity index is 1.36.